The Morgan fingerprint density at radius 3 is 2.44 bits per heavy atom. The van der Waals surface area contributed by atoms with Gasteiger partial charge in [0.15, 0.2) is 0 Å². The van der Waals surface area contributed by atoms with E-state index in [0.717, 1.165) is 0 Å². The minimum atomic E-state index is -0.462. The Kier molecular flexibility index (Phi) is 3.34. The van der Waals surface area contributed by atoms with Crippen molar-refractivity contribution in [3.05, 3.63) is 57.6 Å². The highest BCUT2D eigenvalue weighted by Gasteiger charge is 2.13. The third kappa shape index (κ3) is 2.70. The maximum Gasteiger partial charge on any atom is 0.292 e. The summed E-state index contributed by atoms with van der Waals surface area (Å²) in [5, 5.41) is 14.2. The van der Waals surface area contributed by atoms with Gasteiger partial charge in [0.25, 0.3) is 5.69 Å². The van der Waals surface area contributed by atoms with E-state index in [-0.39, 0.29) is 5.69 Å². The summed E-state index contributed by atoms with van der Waals surface area (Å²) >= 11 is 5.83. The molecule has 0 aliphatic heterocycles. The van der Waals surface area contributed by atoms with Crippen LogP contribution in [0.5, 0.6) is 0 Å². The van der Waals surface area contributed by atoms with E-state index in [2.05, 4.69) is 5.32 Å². The maximum atomic E-state index is 10.9. The van der Waals surface area contributed by atoms with E-state index in [1.165, 1.54) is 18.2 Å². The fourth-order valence-electron chi connectivity index (χ4n) is 1.49. The highest BCUT2D eigenvalue weighted by molar-refractivity contribution is 6.31. The highest BCUT2D eigenvalue weighted by atomic mass is 35.5. The van der Waals surface area contributed by atoms with Crippen molar-refractivity contribution in [3.8, 4) is 0 Å². The van der Waals surface area contributed by atoms with Gasteiger partial charge in [-0.2, -0.15) is 0 Å². The molecule has 0 radical (unpaired) electrons. The Labute approximate surface area is 108 Å². The molecule has 0 aromatic heterocycles. The van der Waals surface area contributed by atoms with Crippen molar-refractivity contribution in [2.24, 2.45) is 0 Å². The van der Waals surface area contributed by atoms with Gasteiger partial charge in [-0.05, 0) is 36.4 Å². The van der Waals surface area contributed by atoms with Crippen molar-refractivity contribution in [1.82, 2.24) is 0 Å². The van der Waals surface area contributed by atoms with Gasteiger partial charge >= 0.3 is 0 Å². The monoisotopic (exact) mass is 263 g/mol. The minimum absolute atomic E-state index is 0.0313. The average molecular weight is 264 g/mol. The number of rotatable bonds is 3. The second-order valence-corrected chi connectivity index (χ2v) is 4.10. The Morgan fingerprint density at radius 1 is 1.17 bits per heavy atom. The molecule has 2 aromatic rings. The van der Waals surface area contributed by atoms with Gasteiger partial charge in [0.2, 0.25) is 0 Å². The molecule has 0 unspecified atom stereocenters. The number of anilines is 3. The van der Waals surface area contributed by atoms with Crippen LogP contribution in [-0.2, 0) is 0 Å². The quantitative estimate of drug-likeness (QED) is 0.504. The van der Waals surface area contributed by atoms with E-state index in [1.807, 2.05) is 0 Å². The predicted octanol–water partition coefficient (Wildman–Crippen LogP) is 3.57. The molecule has 0 aliphatic carbocycles. The van der Waals surface area contributed by atoms with Crippen LogP contribution in [0.2, 0.25) is 5.02 Å². The lowest BCUT2D eigenvalue weighted by Crippen LogP contribution is -1.97. The van der Waals surface area contributed by atoms with Gasteiger partial charge in [0.05, 0.1) is 4.92 Å². The molecule has 0 fully saturated rings. The van der Waals surface area contributed by atoms with E-state index in [9.17, 15) is 10.1 Å². The first-order chi connectivity index (χ1) is 8.56. The predicted molar refractivity (Wildman–Crippen MR) is 72.2 cm³/mol. The maximum absolute atomic E-state index is 10.9. The van der Waals surface area contributed by atoms with Gasteiger partial charge in [0, 0.05) is 22.5 Å². The summed E-state index contributed by atoms with van der Waals surface area (Å²) in [5.74, 6) is 0. The molecule has 0 spiro atoms. The van der Waals surface area contributed by atoms with E-state index < -0.39 is 4.92 Å². The highest BCUT2D eigenvalue weighted by Crippen LogP contribution is 2.30. The number of nitrogens with one attached hydrogen (secondary N) is 1. The van der Waals surface area contributed by atoms with Gasteiger partial charge in [-0.1, -0.05) is 11.6 Å². The van der Waals surface area contributed by atoms with Gasteiger partial charge in [-0.3, -0.25) is 10.1 Å². The molecule has 0 amide bonds. The fourth-order valence-corrected chi connectivity index (χ4v) is 1.66. The Morgan fingerprint density at radius 2 is 1.83 bits per heavy atom. The number of nitrogens with zero attached hydrogens (tertiary/aromatic N) is 1. The number of hydrogen-bond donors (Lipinski definition) is 2. The summed E-state index contributed by atoms with van der Waals surface area (Å²) in [5.41, 5.74) is 7.21. The van der Waals surface area contributed by atoms with Crippen LogP contribution in [0, 0.1) is 10.1 Å². The largest absolute Gasteiger partial charge is 0.399 e. The lowest BCUT2D eigenvalue weighted by Gasteiger charge is -2.07. The third-order valence-electron chi connectivity index (χ3n) is 2.34. The van der Waals surface area contributed by atoms with Crippen molar-refractivity contribution in [2.75, 3.05) is 11.1 Å². The first-order valence-electron chi connectivity index (χ1n) is 5.13. The van der Waals surface area contributed by atoms with Gasteiger partial charge in [-0.25, -0.2) is 0 Å². The van der Waals surface area contributed by atoms with Crippen LogP contribution in [0.1, 0.15) is 0 Å². The Hall–Kier alpha value is -2.27. The summed E-state index contributed by atoms with van der Waals surface area (Å²) in [7, 11) is 0. The van der Waals surface area contributed by atoms with Crippen LogP contribution < -0.4 is 11.1 Å². The number of nitrogens with two attached hydrogens (primary N) is 1. The zero-order chi connectivity index (χ0) is 13.1. The van der Waals surface area contributed by atoms with E-state index in [4.69, 9.17) is 17.3 Å². The second-order valence-electron chi connectivity index (χ2n) is 3.67. The lowest BCUT2D eigenvalue weighted by molar-refractivity contribution is -0.383. The smallest absolute Gasteiger partial charge is 0.292 e. The molecule has 5 nitrogen and oxygen atoms in total. The number of nitro groups is 1. The summed E-state index contributed by atoms with van der Waals surface area (Å²) < 4.78 is 0. The molecule has 6 heteroatoms. The Bertz CT molecular complexity index is 584. The first-order valence-corrected chi connectivity index (χ1v) is 5.50. The first kappa shape index (κ1) is 12.2. The molecule has 2 aromatic carbocycles. The molecule has 0 heterocycles. The van der Waals surface area contributed by atoms with Crippen molar-refractivity contribution >= 4 is 34.4 Å². The average Bonchev–Trinajstić information content (AvgIpc) is 2.32. The number of nitro benzene ring substituents is 1. The van der Waals surface area contributed by atoms with E-state index in [1.54, 1.807) is 24.3 Å². The minimum Gasteiger partial charge on any atom is -0.399 e. The molecule has 0 saturated carbocycles. The topological polar surface area (TPSA) is 81.2 Å². The Balaban J connectivity index is 2.35. The summed E-state index contributed by atoms with van der Waals surface area (Å²) in [4.78, 5) is 10.4. The molecular weight excluding hydrogens is 254 g/mol. The third-order valence-corrected chi connectivity index (χ3v) is 2.58. The van der Waals surface area contributed by atoms with Gasteiger partial charge in [-0.15, -0.1) is 0 Å². The summed E-state index contributed by atoms with van der Waals surface area (Å²) in [6, 6.07) is 11.2. The fraction of sp³-hybridized carbons (Fsp3) is 0. The molecule has 3 N–H and O–H groups in total. The van der Waals surface area contributed by atoms with Gasteiger partial charge < -0.3 is 11.1 Å². The molecular formula is C12H10ClN3O2. The second kappa shape index (κ2) is 4.93. The SMILES string of the molecule is Nc1ccc(Nc2cc(Cl)ccc2[N+](=O)[O-])cc1. The van der Waals surface area contributed by atoms with E-state index >= 15 is 0 Å². The number of halogens is 1. The molecule has 2 rings (SSSR count). The van der Waals surface area contributed by atoms with Crippen LogP contribution in [-0.4, -0.2) is 4.92 Å². The van der Waals surface area contributed by atoms with Crippen LogP contribution in [0.3, 0.4) is 0 Å². The summed E-state index contributed by atoms with van der Waals surface area (Å²) in [6.45, 7) is 0. The van der Waals surface area contributed by atoms with Crippen molar-refractivity contribution < 1.29 is 4.92 Å². The number of hydrogen-bond acceptors (Lipinski definition) is 4. The molecule has 18 heavy (non-hydrogen) atoms. The molecule has 0 bridgehead atoms. The number of benzene rings is 2. The number of nitrogen functional groups attached to an aromatic ring is 1. The van der Waals surface area contributed by atoms with Crippen LogP contribution in [0.25, 0.3) is 0 Å². The van der Waals surface area contributed by atoms with Crippen LogP contribution >= 0.6 is 11.6 Å². The van der Waals surface area contributed by atoms with E-state index in [0.29, 0.717) is 22.1 Å². The van der Waals surface area contributed by atoms with Crippen LogP contribution in [0.15, 0.2) is 42.5 Å². The van der Waals surface area contributed by atoms with Crippen molar-refractivity contribution in [3.63, 3.8) is 0 Å². The standard InChI is InChI=1S/C12H10ClN3O2/c13-8-1-6-12(16(17)18)11(7-8)15-10-4-2-9(14)3-5-10/h1-7,15H,14H2. The lowest BCUT2D eigenvalue weighted by atomic mass is 10.2. The van der Waals surface area contributed by atoms with Crippen molar-refractivity contribution in [1.29, 1.82) is 0 Å². The summed E-state index contributed by atoms with van der Waals surface area (Å²) in [6.07, 6.45) is 0. The molecule has 0 atom stereocenters. The molecule has 92 valence electrons. The zero-order valence-electron chi connectivity index (χ0n) is 9.26. The molecule has 0 saturated heterocycles. The van der Waals surface area contributed by atoms with Crippen LogP contribution in [0.4, 0.5) is 22.7 Å². The van der Waals surface area contributed by atoms with Crippen molar-refractivity contribution in [2.45, 2.75) is 0 Å². The van der Waals surface area contributed by atoms with Gasteiger partial charge in [0.1, 0.15) is 5.69 Å². The zero-order valence-corrected chi connectivity index (χ0v) is 10.0. The normalized spacial score (nSPS) is 10.1. The molecule has 0 aliphatic rings.